The van der Waals surface area contributed by atoms with Crippen molar-refractivity contribution < 1.29 is 4.39 Å². The normalized spacial score (nSPS) is 10.7. The van der Waals surface area contributed by atoms with Gasteiger partial charge in [-0.1, -0.05) is 18.2 Å². The lowest BCUT2D eigenvalue weighted by atomic mass is 10.0. The Morgan fingerprint density at radius 1 is 1.22 bits per heavy atom. The third-order valence-corrected chi connectivity index (χ3v) is 4.22. The van der Waals surface area contributed by atoms with Crippen LogP contribution in [0.4, 0.5) is 10.3 Å². The molecule has 0 amide bonds. The number of aromatic nitrogens is 3. The molecule has 0 saturated heterocycles. The molecule has 3 aromatic rings. The maximum Gasteiger partial charge on any atom is 0.263 e. The predicted octanol–water partition coefficient (Wildman–Crippen LogP) is 2.67. The fraction of sp³-hybridized carbons (Fsp3) is 0.150. The van der Waals surface area contributed by atoms with Gasteiger partial charge >= 0.3 is 0 Å². The summed E-state index contributed by atoms with van der Waals surface area (Å²) in [6.45, 7) is 6.09. The summed E-state index contributed by atoms with van der Waals surface area (Å²) in [5.41, 5.74) is 6.84. The average Bonchev–Trinajstić information content (AvgIpc) is 2.65. The van der Waals surface area contributed by atoms with Gasteiger partial charge in [0.15, 0.2) is 0 Å². The zero-order chi connectivity index (χ0) is 19.6. The standard InChI is InChI=1S/C20H19FN4O2/c1-3-10-25-19(27)17(14-8-9-16(26)24(4-2)12-14)18(23-20(25)22)13-6-5-7-15(21)11-13/h3,5-9,11-12H,1,4,10H2,2H3,(H2,22,23). The van der Waals surface area contributed by atoms with Crippen LogP contribution in [0, 0.1) is 5.82 Å². The van der Waals surface area contributed by atoms with Crippen LogP contribution in [0.5, 0.6) is 0 Å². The Kier molecular flexibility index (Phi) is 5.03. The first-order valence-electron chi connectivity index (χ1n) is 8.44. The number of nitrogens with zero attached hydrogens (tertiary/aromatic N) is 3. The highest BCUT2D eigenvalue weighted by molar-refractivity contribution is 5.80. The van der Waals surface area contributed by atoms with Gasteiger partial charge in [-0.25, -0.2) is 9.37 Å². The fourth-order valence-electron chi connectivity index (χ4n) is 2.91. The lowest BCUT2D eigenvalue weighted by Gasteiger charge is -2.15. The van der Waals surface area contributed by atoms with Gasteiger partial charge in [-0.3, -0.25) is 14.2 Å². The van der Waals surface area contributed by atoms with Gasteiger partial charge in [0, 0.05) is 36.5 Å². The summed E-state index contributed by atoms with van der Waals surface area (Å²) in [7, 11) is 0. The molecule has 0 bridgehead atoms. The molecular formula is C20H19FN4O2. The van der Waals surface area contributed by atoms with E-state index in [0.717, 1.165) is 0 Å². The number of hydrogen-bond donors (Lipinski definition) is 1. The summed E-state index contributed by atoms with van der Waals surface area (Å²) in [5.74, 6) is -0.445. The predicted molar refractivity (Wildman–Crippen MR) is 104 cm³/mol. The number of allylic oxidation sites excluding steroid dienone is 1. The zero-order valence-electron chi connectivity index (χ0n) is 14.9. The number of nitrogen functional groups attached to an aromatic ring is 1. The molecular weight excluding hydrogens is 347 g/mol. The summed E-state index contributed by atoms with van der Waals surface area (Å²) < 4.78 is 16.5. The first kappa shape index (κ1) is 18.3. The second kappa shape index (κ2) is 7.41. The van der Waals surface area contributed by atoms with Crippen LogP contribution in [-0.4, -0.2) is 14.1 Å². The van der Waals surface area contributed by atoms with Gasteiger partial charge in [-0.15, -0.1) is 6.58 Å². The van der Waals surface area contributed by atoms with Crippen LogP contribution in [-0.2, 0) is 13.1 Å². The van der Waals surface area contributed by atoms with Crippen LogP contribution >= 0.6 is 0 Å². The molecule has 0 spiro atoms. The van der Waals surface area contributed by atoms with Crippen molar-refractivity contribution in [3.05, 3.63) is 81.8 Å². The highest BCUT2D eigenvalue weighted by atomic mass is 19.1. The molecule has 0 aliphatic carbocycles. The van der Waals surface area contributed by atoms with Crippen molar-refractivity contribution in [2.75, 3.05) is 5.73 Å². The quantitative estimate of drug-likeness (QED) is 0.704. The van der Waals surface area contributed by atoms with Gasteiger partial charge in [0.2, 0.25) is 5.95 Å². The summed E-state index contributed by atoms with van der Waals surface area (Å²) in [5, 5.41) is 0. The van der Waals surface area contributed by atoms with E-state index in [1.807, 2.05) is 6.92 Å². The van der Waals surface area contributed by atoms with E-state index < -0.39 is 5.82 Å². The number of pyridine rings is 1. The minimum absolute atomic E-state index is 0.00623. The van der Waals surface area contributed by atoms with E-state index in [0.29, 0.717) is 17.7 Å². The number of aryl methyl sites for hydroxylation is 1. The van der Waals surface area contributed by atoms with E-state index in [1.54, 1.807) is 18.3 Å². The van der Waals surface area contributed by atoms with Crippen LogP contribution in [0.3, 0.4) is 0 Å². The first-order chi connectivity index (χ1) is 13.0. The van der Waals surface area contributed by atoms with Crippen LogP contribution in [0.15, 0.2) is 64.8 Å². The molecule has 27 heavy (non-hydrogen) atoms. The topological polar surface area (TPSA) is 82.9 Å². The average molecular weight is 366 g/mol. The van der Waals surface area contributed by atoms with Crippen molar-refractivity contribution in [1.29, 1.82) is 0 Å². The van der Waals surface area contributed by atoms with Gasteiger partial charge in [-0.05, 0) is 25.1 Å². The van der Waals surface area contributed by atoms with E-state index in [9.17, 15) is 14.0 Å². The third-order valence-electron chi connectivity index (χ3n) is 4.22. The molecule has 0 unspecified atom stereocenters. The van der Waals surface area contributed by atoms with Crippen LogP contribution in [0.25, 0.3) is 22.4 Å². The molecule has 0 atom stereocenters. The molecule has 0 aliphatic heterocycles. The summed E-state index contributed by atoms with van der Waals surface area (Å²) >= 11 is 0. The van der Waals surface area contributed by atoms with Crippen LogP contribution in [0.1, 0.15) is 6.92 Å². The molecule has 0 radical (unpaired) electrons. The molecule has 2 N–H and O–H groups in total. The molecule has 6 nitrogen and oxygen atoms in total. The van der Waals surface area contributed by atoms with E-state index in [1.165, 1.54) is 39.5 Å². The molecule has 0 fully saturated rings. The number of rotatable bonds is 5. The second-order valence-corrected chi connectivity index (χ2v) is 5.95. The van der Waals surface area contributed by atoms with E-state index in [2.05, 4.69) is 11.6 Å². The van der Waals surface area contributed by atoms with Gasteiger partial charge in [0.25, 0.3) is 11.1 Å². The summed E-state index contributed by atoms with van der Waals surface area (Å²) in [6, 6.07) is 8.74. The van der Waals surface area contributed by atoms with Gasteiger partial charge in [0.1, 0.15) is 5.82 Å². The SMILES string of the molecule is C=CCn1c(N)nc(-c2cccc(F)c2)c(-c2ccc(=O)n(CC)c2)c1=O. The minimum atomic E-state index is -0.451. The number of nitrogens with two attached hydrogens (primary N) is 1. The third kappa shape index (κ3) is 3.44. The molecule has 0 aliphatic rings. The number of anilines is 1. The molecule has 7 heteroatoms. The minimum Gasteiger partial charge on any atom is -0.369 e. The van der Waals surface area contributed by atoms with Gasteiger partial charge in [0.05, 0.1) is 11.3 Å². The molecule has 0 saturated carbocycles. The molecule has 1 aromatic carbocycles. The smallest absolute Gasteiger partial charge is 0.263 e. The Labute approximate surface area is 155 Å². The Hall–Kier alpha value is -3.48. The van der Waals surface area contributed by atoms with Crippen LogP contribution < -0.4 is 16.9 Å². The van der Waals surface area contributed by atoms with Crippen molar-refractivity contribution in [2.45, 2.75) is 20.0 Å². The Morgan fingerprint density at radius 3 is 2.67 bits per heavy atom. The molecule has 2 heterocycles. The zero-order valence-corrected chi connectivity index (χ0v) is 14.9. The largest absolute Gasteiger partial charge is 0.369 e. The van der Waals surface area contributed by atoms with Crippen molar-refractivity contribution >= 4 is 5.95 Å². The molecule has 138 valence electrons. The number of halogens is 1. The maximum atomic E-state index is 13.8. The van der Waals surface area contributed by atoms with Crippen molar-refractivity contribution in [3.8, 4) is 22.4 Å². The lowest BCUT2D eigenvalue weighted by Crippen LogP contribution is -2.27. The second-order valence-electron chi connectivity index (χ2n) is 5.95. The summed E-state index contributed by atoms with van der Waals surface area (Å²) in [4.78, 5) is 29.4. The highest BCUT2D eigenvalue weighted by Gasteiger charge is 2.19. The fourth-order valence-corrected chi connectivity index (χ4v) is 2.91. The maximum absolute atomic E-state index is 13.8. The van der Waals surface area contributed by atoms with E-state index in [4.69, 9.17) is 5.73 Å². The van der Waals surface area contributed by atoms with Gasteiger partial charge < -0.3 is 10.3 Å². The van der Waals surface area contributed by atoms with E-state index >= 15 is 0 Å². The van der Waals surface area contributed by atoms with Crippen molar-refractivity contribution in [1.82, 2.24) is 14.1 Å². The van der Waals surface area contributed by atoms with E-state index in [-0.39, 0.29) is 34.9 Å². The lowest BCUT2D eigenvalue weighted by molar-refractivity contribution is 0.628. The number of hydrogen-bond acceptors (Lipinski definition) is 4. The Morgan fingerprint density at radius 2 is 2.00 bits per heavy atom. The molecule has 2 aromatic heterocycles. The van der Waals surface area contributed by atoms with Crippen molar-refractivity contribution in [3.63, 3.8) is 0 Å². The highest BCUT2D eigenvalue weighted by Crippen LogP contribution is 2.28. The first-order valence-corrected chi connectivity index (χ1v) is 8.44. The Bertz CT molecular complexity index is 1130. The van der Waals surface area contributed by atoms with Crippen LogP contribution in [0.2, 0.25) is 0 Å². The number of benzene rings is 1. The summed E-state index contributed by atoms with van der Waals surface area (Å²) in [6.07, 6.45) is 3.13. The van der Waals surface area contributed by atoms with Crippen molar-refractivity contribution in [2.24, 2.45) is 0 Å². The Balaban J connectivity index is 2.39. The monoisotopic (exact) mass is 366 g/mol. The molecule has 3 rings (SSSR count). The van der Waals surface area contributed by atoms with Gasteiger partial charge in [-0.2, -0.15) is 0 Å².